The third-order valence-corrected chi connectivity index (χ3v) is 4.32. The molecule has 0 saturated heterocycles. The number of halogens is 2. The molecule has 148 valence electrons. The van der Waals surface area contributed by atoms with Crippen molar-refractivity contribution in [2.24, 2.45) is 14.1 Å². The largest absolute Gasteiger partial charge is 0.435 e. The van der Waals surface area contributed by atoms with Gasteiger partial charge in [0, 0.05) is 19.8 Å². The second-order valence-corrected chi connectivity index (χ2v) is 6.10. The molecular formula is C17H17F2N5O4. The van der Waals surface area contributed by atoms with Crippen LogP contribution in [0.1, 0.15) is 13.0 Å². The van der Waals surface area contributed by atoms with Crippen LogP contribution in [0.4, 0.5) is 14.5 Å². The van der Waals surface area contributed by atoms with Crippen LogP contribution < -0.4 is 21.3 Å². The Hall–Kier alpha value is -3.50. The van der Waals surface area contributed by atoms with E-state index in [2.05, 4.69) is 15.0 Å². The standard InChI is InChI=1S/C17H17F2N5O4/c1-9(14(25)21-10-4-6-11(7-5-10)28-16(18)19)24-8-20-13-12(24)15(26)23(3)17(27)22(13)2/h4-9,16H,1-3H3,(H,21,25). The first-order chi connectivity index (χ1) is 13.2. The van der Waals surface area contributed by atoms with E-state index in [1.54, 1.807) is 6.92 Å². The molecule has 9 nitrogen and oxygen atoms in total. The molecule has 0 aliphatic heterocycles. The minimum Gasteiger partial charge on any atom is -0.435 e. The van der Waals surface area contributed by atoms with Crippen molar-refractivity contribution in [1.29, 1.82) is 0 Å². The van der Waals surface area contributed by atoms with Gasteiger partial charge in [0.25, 0.3) is 5.56 Å². The summed E-state index contributed by atoms with van der Waals surface area (Å²) in [6.45, 7) is -1.37. The van der Waals surface area contributed by atoms with Gasteiger partial charge < -0.3 is 14.6 Å². The smallest absolute Gasteiger partial charge is 0.387 e. The van der Waals surface area contributed by atoms with E-state index in [1.807, 2.05) is 0 Å². The summed E-state index contributed by atoms with van der Waals surface area (Å²) in [5.41, 5.74) is -0.438. The van der Waals surface area contributed by atoms with E-state index >= 15 is 0 Å². The molecule has 1 aromatic carbocycles. The maximum Gasteiger partial charge on any atom is 0.387 e. The number of nitrogens with one attached hydrogen (secondary N) is 1. The highest BCUT2D eigenvalue weighted by molar-refractivity contribution is 5.94. The van der Waals surface area contributed by atoms with Crippen molar-refractivity contribution in [3.05, 3.63) is 51.4 Å². The SMILES string of the molecule is CC(C(=O)Nc1ccc(OC(F)F)cc1)n1cnc2c1c(=O)n(C)c(=O)n2C. The topological polar surface area (TPSA) is 100 Å². The Balaban J connectivity index is 1.88. The molecule has 3 rings (SSSR count). The van der Waals surface area contributed by atoms with Gasteiger partial charge in [0.1, 0.15) is 11.8 Å². The predicted octanol–water partition coefficient (Wildman–Crippen LogP) is 1.23. The summed E-state index contributed by atoms with van der Waals surface area (Å²) < 4.78 is 32.2. The van der Waals surface area contributed by atoms with Gasteiger partial charge in [0.2, 0.25) is 5.91 Å². The number of carbonyl (C=O) groups excluding carboxylic acids is 1. The van der Waals surface area contributed by atoms with Crippen LogP contribution in [0.2, 0.25) is 0 Å². The van der Waals surface area contributed by atoms with E-state index in [0.29, 0.717) is 5.69 Å². The quantitative estimate of drug-likeness (QED) is 0.703. The second-order valence-electron chi connectivity index (χ2n) is 6.10. The van der Waals surface area contributed by atoms with Crippen molar-refractivity contribution in [1.82, 2.24) is 18.7 Å². The summed E-state index contributed by atoms with van der Waals surface area (Å²) in [5, 5.41) is 2.63. The zero-order chi connectivity index (χ0) is 20.6. The summed E-state index contributed by atoms with van der Waals surface area (Å²) in [5.74, 6) is -0.496. The molecule has 2 aromatic heterocycles. The molecule has 0 bridgehead atoms. The van der Waals surface area contributed by atoms with Gasteiger partial charge in [-0.15, -0.1) is 0 Å². The van der Waals surface area contributed by atoms with Crippen LogP contribution in [0, 0.1) is 0 Å². The average Bonchev–Trinajstić information content (AvgIpc) is 3.10. The Labute approximate surface area is 156 Å². The average molecular weight is 393 g/mol. The van der Waals surface area contributed by atoms with Gasteiger partial charge in [-0.3, -0.25) is 18.7 Å². The minimum absolute atomic E-state index is 0.0361. The van der Waals surface area contributed by atoms with E-state index in [4.69, 9.17) is 0 Å². The normalized spacial score (nSPS) is 12.4. The molecule has 0 spiro atoms. The van der Waals surface area contributed by atoms with Gasteiger partial charge in [-0.05, 0) is 31.2 Å². The number of carbonyl (C=O) groups is 1. The molecular weight excluding hydrogens is 376 g/mol. The third-order valence-electron chi connectivity index (χ3n) is 4.32. The number of nitrogens with zero attached hydrogens (tertiary/aromatic N) is 4. The molecule has 1 N–H and O–H groups in total. The van der Waals surface area contributed by atoms with Crippen LogP contribution in [-0.4, -0.2) is 31.2 Å². The molecule has 1 amide bonds. The van der Waals surface area contributed by atoms with E-state index in [9.17, 15) is 23.2 Å². The maximum absolute atomic E-state index is 12.6. The van der Waals surface area contributed by atoms with Crippen LogP contribution in [0.3, 0.4) is 0 Å². The van der Waals surface area contributed by atoms with Crippen molar-refractivity contribution in [2.75, 3.05) is 5.32 Å². The van der Waals surface area contributed by atoms with Gasteiger partial charge >= 0.3 is 12.3 Å². The number of amides is 1. The van der Waals surface area contributed by atoms with Gasteiger partial charge in [0.05, 0.1) is 6.33 Å². The van der Waals surface area contributed by atoms with E-state index < -0.39 is 29.8 Å². The molecule has 11 heteroatoms. The number of alkyl halides is 2. The van der Waals surface area contributed by atoms with Gasteiger partial charge in [-0.1, -0.05) is 0 Å². The van der Waals surface area contributed by atoms with Crippen molar-refractivity contribution < 1.29 is 18.3 Å². The summed E-state index contributed by atoms with van der Waals surface area (Å²) in [4.78, 5) is 41.1. The van der Waals surface area contributed by atoms with E-state index in [0.717, 1.165) is 4.57 Å². The summed E-state index contributed by atoms with van der Waals surface area (Å²) in [6, 6.07) is 4.59. The molecule has 0 saturated carbocycles. The van der Waals surface area contributed by atoms with Crippen LogP contribution in [0.15, 0.2) is 40.2 Å². The summed E-state index contributed by atoms with van der Waals surface area (Å²) >= 11 is 0. The first kappa shape index (κ1) is 19.3. The summed E-state index contributed by atoms with van der Waals surface area (Å²) in [7, 11) is 2.82. The number of hydrogen-bond acceptors (Lipinski definition) is 5. The van der Waals surface area contributed by atoms with Crippen LogP contribution in [0.25, 0.3) is 11.2 Å². The number of benzene rings is 1. The fourth-order valence-electron chi connectivity index (χ4n) is 2.75. The lowest BCUT2D eigenvalue weighted by Crippen LogP contribution is -2.38. The van der Waals surface area contributed by atoms with Crippen molar-refractivity contribution in [3.63, 3.8) is 0 Å². The molecule has 1 atom stereocenters. The molecule has 0 fully saturated rings. The highest BCUT2D eigenvalue weighted by atomic mass is 19.3. The number of anilines is 1. The number of ether oxygens (including phenoxy) is 1. The predicted molar refractivity (Wildman–Crippen MR) is 96.6 cm³/mol. The first-order valence-corrected chi connectivity index (χ1v) is 8.19. The number of aromatic nitrogens is 4. The number of imidazole rings is 1. The maximum atomic E-state index is 12.6. The Morgan fingerprint density at radius 3 is 2.39 bits per heavy atom. The highest BCUT2D eigenvalue weighted by Crippen LogP contribution is 2.20. The van der Waals surface area contributed by atoms with Gasteiger partial charge in [-0.2, -0.15) is 8.78 Å². The molecule has 3 aromatic rings. The molecule has 1 unspecified atom stereocenters. The van der Waals surface area contributed by atoms with E-state index in [-0.39, 0.29) is 16.9 Å². The molecule has 28 heavy (non-hydrogen) atoms. The van der Waals surface area contributed by atoms with Crippen LogP contribution in [-0.2, 0) is 18.9 Å². The number of hydrogen-bond donors (Lipinski definition) is 1. The second kappa shape index (κ2) is 7.25. The van der Waals surface area contributed by atoms with Crippen molar-refractivity contribution in [3.8, 4) is 5.75 Å². The lowest BCUT2D eigenvalue weighted by molar-refractivity contribution is -0.118. The molecule has 0 aliphatic rings. The Kier molecular flexibility index (Phi) is 4.99. The zero-order valence-electron chi connectivity index (χ0n) is 15.2. The highest BCUT2D eigenvalue weighted by Gasteiger charge is 2.22. The zero-order valence-corrected chi connectivity index (χ0v) is 15.2. The van der Waals surface area contributed by atoms with Gasteiger partial charge in [0.15, 0.2) is 11.2 Å². The fourth-order valence-corrected chi connectivity index (χ4v) is 2.75. The molecule has 0 aliphatic carbocycles. The Morgan fingerprint density at radius 1 is 1.14 bits per heavy atom. The number of fused-ring (bicyclic) bond motifs is 1. The molecule has 0 radical (unpaired) electrons. The minimum atomic E-state index is -2.94. The van der Waals surface area contributed by atoms with Crippen LogP contribution in [0.5, 0.6) is 5.75 Å². The Morgan fingerprint density at radius 2 is 1.79 bits per heavy atom. The Bertz CT molecular complexity index is 1150. The van der Waals surface area contributed by atoms with Crippen molar-refractivity contribution >= 4 is 22.8 Å². The van der Waals surface area contributed by atoms with Gasteiger partial charge in [-0.25, -0.2) is 9.78 Å². The lowest BCUT2D eigenvalue weighted by atomic mass is 10.2. The number of aryl methyl sites for hydroxylation is 1. The lowest BCUT2D eigenvalue weighted by Gasteiger charge is -2.15. The van der Waals surface area contributed by atoms with E-state index in [1.165, 1.54) is 53.8 Å². The molecule has 2 heterocycles. The van der Waals surface area contributed by atoms with Crippen LogP contribution >= 0.6 is 0 Å². The first-order valence-electron chi connectivity index (χ1n) is 8.19. The number of rotatable bonds is 5. The monoisotopic (exact) mass is 393 g/mol. The third kappa shape index (κ3) is 3.38. The fraction of sp³-hybridized carbons (Fsp3) is 0.294. The van der Waals surface area contributed by atoms with Crippen molar-refractivity contribution in [2.45, 2.75) is 19.6 Å². The summed E-state index contributed by atoms with van der Waals surface area (Å²) in [6.07, 6.45) is 1.31.